The van der Waals surface area contributed by atoms with Crippen molar-refractivity contribution in [3.63, 3.8) is 0 Å². The largest absolute Gasteiger partial charge is 0.310 e. The van der Waals surface area contributed by atoms with Gasteiger partial charge in [-0.25, -0.2) is 0 Å². The number of nitriles is 1. The predicted octanol–water partition coefficient (Wildman–Crippen LogP) is 1.48. The first-order chi connectivity index (χ1) is 9.52. The predicted molar refractivity (Wildman–Crippen MR) is 73.1 cm³/mol. The molecule has 1 amide bonds. The van der Waals surface area contributed by atoms with E-state index in [4.69, 9.17) is 16.9 Å². The van der Waals surface area contributed by atoms with Crippen LogP contribution in [0.1, 0.15) is 17.7 Å². The lowest BCUT2D eigenvalue weighted by Gasteiger charge is -2.07. The van der Waals surface area contributed by atoms with Crippen molar-refractivity contribution in [3.8, 4) is 6.07 Å². The van der Waals surface area contributed by atoms with Crippen molar-refractivity contribution in [3.05, 3.63) is 28.7 Å². The van der Waals surface area contributed by atoms with E-state index in [1.165, 1.54) is 10.9 Å². The monoisotopic (exact) mass is 292 g/mol. The summed E-state index contributed by atoms with van der Waals surface area (Å²) >= 11 is 5.89. The Hall–Kier alpha value is -2.33. The Balaban J connectivity index is 1.98. The number of aromatic nitrogens is 4. The zero-order valence-corrected chi connectivity index (χ0v) is 11.8. The fourth-order valence-corrected chi connectivity index (χ4v) is 1.86. The van der Waals surface area contributed by atoms with Crippen LogP contribution in [0.4, 0.5) is 5.82 Å². The molecule has 0 fully saturated rings. The molecule has 0 saturated heterocycles. The molecule has 0 saturated carbocycles. The van der Waals surface area contributed by atoms with Crippen LogP contribution in [0.25, 0.3) is 0 Å². The van der Waals surface area contributed by atoms with Crippen molar-refractivity contribution in [2.24, 2.45) is 7.05 Å². The molecule has 8 heteroatoms. The minimum absolute atomic E-state index is 0.212. The Bertz CT molecular complexity index is 681. The van der Waals surface area contributed by atoms with E-state index in [2.05, 4.69) is 15.5 Å². The van der Waals surface area contributed by atoms with Crippen LogP contribution in [0.5, 0.6) is 0 Å². The fraction of sp³-hybridized carbons (Fsp3) is 0.333. The second-order valence-corrected chi connectivity index (χ2v) is 4.65. The van der Waals surface area contributed by atoms with Gasteiger partial charge < -0.3 is 5.32 Å². The number of aryl methyl sites for hydroxylation is 2. The van der Waals surface area contributed by atoms with Crippen molar-refractivity contribution in [2.75, 3.05) is 5.32 Å². The van der Waals surface area contributed by atoms with Gasteiger partial charge in [0.1, 0.15) is 17.5 Å². The van der Waals surface area contributed by atoms with Crippen LogP contribution >= 0.6 is 11.6 Å². The first-order valence-electron chi connectivity index (χ1n) is 5.92. The van der Waals surface area contributed by atoms with Crippen LogP contribution < -0.4 is 5.32 Å². The summed E-state index contributed by atoms with van der Waals surface area (Å²) in [6.45, 7) is 2.26. The van der Waals surface area contributed by atoms with E-state index in [1.807, 2.05) is 13.0 Å². The lowest BCUT2D eigenvalue weighted by Crippen LogP contribution is -2.18. The number of carbonyl (C=O) groups is 1. The van der Waals surface area contributed by atoms with Crippen molar-refractivity contribution < 1.29 is 4.79 Å². The molecule has 0 aliphatic heterocycles. The van der Waals surface area contributed by atoms with Crippen LogP contribution in [0.3, 0.4) is 0 Å². The molecule has 0 aromatic carbocycles. The number of hydrogen-bond acceptors (Lipinski definition) is 4. The van der Waals surface area contributed by atoms with E-state index in [9.17, 15) is 4.79 Å². The lowest BCUT2D eigenvalue weighted by atomic mass is 10.3. The quantitative estimate of drug-likeness (QED) is 0.924. The van der Waals surface area contributed by atoms with Gasteiger partial charge in [-0.3, -0.25) is 14.2 Å². The molecular weight excluding hydrogens is 280 g/mol. The summed E-state index contributed by atoms with van der Waals surface area (Å²) in [5.74, 6) is 0.184. The summed E-state index contributed by atoms with van der Waals surface area (Å²) in [4.78, 5) is 11.9. The fourth-order valence-electron chi connectivity index (χ4n) is 1.72. The highest BCUT2D eigenvalue weighted by molar-refractivity contribution is 6.31. The van der Waals surface area contributed by atoms with Gasteiger partial charge in [0.2, 0.25) is 5.91 Å². The molecule has 0 radical (unpaired) electrons. The summed E-state index contributed by atoms with van der Waals surface area (Å²) in [7, 11) is 1.66. The number of carbonyl (C=O) groups excluding carboxylic acids is 1. The highest BCUT2D eigenvalue weighted by atomic mass is 35.5. The third-order valence-electron chi connectivity index (χ3n) is 2.91. The van der Waals surface area contributed by atoms with Crippen LogP contribution in [0, 0.1) is 18.3 Å². The number of nitrogens with one attached hydrogen (secondary N) is 1. The summed E-state index contributed by atoms with van der Waals surface area (Å²) < 4.78 is 3.11. The SMILES string of the molecule is Cc1c(Cl)cnn1CCC(=O)Nc1c(C#N)cnn1C. The van der Waals surface area contributed by atoms with Crippen LogP contribution in [0.2, 0.25) is 5.02 Å². The Morgan fingerprint density at radius 1 is 1.50 bits per heavy atom. The van der Waals surface area contributed by atoms with Gasteiger partial charge in [0, 0.05) is 13.5 Å². The highest BCUT2D eigenvalue weighted by Gasteiger charge is 2.12. The zero-order chi connectivity index (χ0) is 14.7. The molecule has 0 aliphatic carbocycles. The minimum atomic E-state index is -0.212. The standard InChI is InChI=1S/C12H13ClN6O/c1-8-10(13)7-16-19(8)4-3-11(20)17-12-9(5-14)6-15-18(12)2/h6-7H,3-4H2,1-2H3,(H,17,20). The second-order valence-electron chi connectivity index (χ2n) is 4.24. The Kier molecular flexibility index (Phi) is 4.05. The van der Waals surface area contributed by atoms with Crippen molar-refractivity contribution in [2.45, 2.75) is 19.9 Å². The van der Waals surface area contributed by atoms with E-state index in [-0.39, 0.29) is 12.3 Å². The Morgan fingerprint density at radius 2 is 2.25 bits per heavy atom. The van der Waals surface area contributed by atoms with E-state index < -0.39 is 0 Å². The van der Waals surface area contributed by atoms with Crippen LogP contribution in [-0.4, -0.2) is 25.5 Å². The van der Waals surface area contributed by atoms with E-state index >= 15 is 0 Å². The first-order valence-corrected chi connectivity index (χ1v) is 6.30. The molecule has 1 N–H and O–H groups in total. The molecule has 2 heterocycles. The third kappa shape index (κ3) is 2.81. The molecule has 0 atom stereocenters. The molecule has 104 valence electrons. The van der Waals surface area contributed by atoms with Gasteiger partial charge >= 0.3 is 0 Å². The van der Waals surface area contributed by atoms with Gasteiger partial charge in [-0.2, -0.15) is 15.5 Å². The number of amides is 1. The molecule has 7 nitrogen and oxygen atoms in total. The summed E-state index contributed by atoms with van der Waals surface area (Å²) in [6, 6.07) is 1.97. The van der Waals surface area contributed by atoms with Crippen LogP contribution in [0.15, 0.2) is 12.4 Å². The number of hydrogen-bond donors (Lipinski definition) is 1. The van der Waals surface area contributed by atoms with Gasteiger partial charge in [0.15, 0.2) is 0 Å². The average Bonchev–Trinajstić information content (AvgIpc) is 2.93. The van der Waals surface area contributed by atoms with Crippen molar-refractivity contribution in [1.29, 1.82) is 5.26 Å². The van der Waals surface area contributed by atoms with Gasteiger partial charge in [-0.05, 0) is 6.92 Å². The van der Waals surface area contributed by atoms with Crippen molar-refractivity contribution >= 4 is 23.3 Å². The number of halogens is 1. The lowest BCUT2D eigenvalue weighted by molar-refractivity contribution is -0.116. The van der Waals surface area contributed by atoms with E-state index in [1.54, 1.807) is 17.9 Å². The topological polar surface area (TPSA) is 88.5 Å². The number of rotatable bonds is 4. The molecule has 0 spiro atoms. The average molecular weight is 293 g/mol. The number of nitrogens with zero attached hydrogens (tertiary/aromatic N) is 5. The molecule has 20 heavy (non-hydrogen) atoms. The van der Waals surface area contributed by atoms with Gasteiger partial charge in [0.25, 0.3) is 0 Å². The second kappa shape index (κ2) is 5.75. The molecule has 0 aliphatic rings. The molecule has 2 aromatic heterocycles. The normalized spacial score (nSPS) is 10.3. The van der Waals surface area contributed by atoms with E-state index in [0.29, 0.717) is 22.9 Å². The highest BCUT2D eigenvalue weighted by Crippen LogP contribution is 2.15. The molecular formula is C12H13ClN6O. The maximum Gasteiger partial charge on any atom is 0.227 e. The maximum atomic E-state index is 11.9. The molecule has 2 aromatic rings. The summed E-state index contributed by atoms with van der Waals surface area (Å²) in [6.07, 6.45) is 3.19. The zero-order valence-electron chi connectivity index (χ0n) is 11.1. The minimum Gasteiger partial charge on any atom is -0.310 e. The van der Waals surface area contributed by atoms with Crippen molar-refractivity contribution in [1.82, 2.24) is 19.6 Å². The number of anilines is 1. The molecule has 0 unspecified atom stereocenters. The van der Waals surface area contributed by atoms with Gasteiger partial charge in [-0.15, -0.1) is 0 Å². The summed E-state index contributed by atoms with van der Waals surface area (Å²) in [5.41, 5.74) is 1.15. The Morgan fingerprint density at radius 3 is 2.85 bits per heavy atom. The van der Waals surface area contributed by atoms with E-state index in [0.717, 1.165) is 5.69 Å². The first kappa shape index (κ1) is 14.1. The smallest absolute Gasteiger partial charge is 0.227 e. The van der Waals surface area contributed by atoms with Gasteiger partial charge in [0.05, 0.1) is 29.7 Å². The Labute approximate surface area is 120 Å². The maximum absolute atomic E-state index is 11.9. The van der Waals surface area contributed by atoms with Gasteiger partial charge in [-0.1, -0.05) is 11.6 Å². The molecule has 0 bridgehead atoms. The third-order valence-corrected chi connectivity index (χ3v) is 3.28. The molecule has 2 rings (SSSR count). The van der Waals surface area contributed by atoms with Crippen LogP contribution in [-0.2, 0) is 18.4 Å². The summed E-state index contributed by atoms with van der Waals surface area (Å²) in [5, 5.41) is 20.1.